The van der Waals surface area contributed by atoms with E-state index in [1.165, 1.54) is 11.1 Å². The first-order chi connectivity index (χ1) is 12.8. The first-order valence-corrected chi connectivity index (χ1v) is 9.17. The van der Waals surface area contributed by atoms with Gasteiger partial charge in [0.05, 0.1) is 6.54 Å². The van der Waals surface area contributed by atoms with Crippen LogP contribution in [0.4, 0.5) is 0 Å². The van der Waals surface area contributed by atoms with Crippen LogP contribution in [-0.2, 0) is 13.0 Å². The van der Waals surface area contributed by atoms with E-state index in [-0.39, 0.29) is 0 Å². The van der Waals surface area contributed by atoms with Crippen molar-refractivity contribution in [2.75, 3.05) is 13.1 Å². The molecule has 1 aliphatic rings. The second kappa shape index (κ2) is 7.85. The lowest BCUT2D eigenvalue weighted by atomic mass is 10.00. The van der Waals surface area contributed by atoms with E-state index in [0.717, 1.165) is 30.1 Å². The lowest BCUT2D eigenvalue weighted by Crippen LogP contribution is -2.28. The third-order valence-corrected chi connectivity index (χ3v) is 4.98. The largest absolute Gasteiger partial charge is 0.338 e. The molecule has 0 unspecified atom stereocenters. The van der Waals surface area contributed by atoms with Gasteiger partial charge in [0.25, 0.3) is 0 Å². The Balaban J connectivity index is 1.37. The minimum Gasteiger partial charge on any atom is -0.338 e. The van der Waals surface area contributed by atoms with Crippen molar-refractivity contribution in [2.24, 2.45) is 0 Å². The predicted octanol–water partition coefficient (Wildman–Crippen LogP) is 4.60. The monoisotopic (exact) mass is 365 g/mol. The summed E-state index contributed by atoms with van der Waals surface area (Å²) in [5.41, 5.74) is 3.73. The van der Waals surface area contributed by atoms with Crippen LogP contribution >= 0.6 is 11.6 Å². The van der Waals surface area contributed by atoms with Gasteiger partial charge in [-0.3, -0.25) is 4.90 Å². The van der Waals surface area contributed by atoms with Crippen molar-refractivity contribution in [1.82, 2.24) is 15.0 Å². The van der Waals surface area contributed by atoms with Gasteiger partial charge in [-0.2, -0.15) is 4.98 Å². The Hall–Kier alpha value is -2.43. The zero-order valence-electron chi connectivity index (χ0n) is 14.4. The van der Waals surface area contributed by atoms with E-state index in [4.69, 9.17) is 16.1 Å². The van der Waals surface area contributed by atoms with E-state index in [9.17, 15) is 0 Å². The lowest BCUT2D eigenvalue weighted by molar-refractivity contribution is 0.245. The number of aromatic nitrogens is 2. The standard InChI is InChI=1S/C21H20ClN3O/c22-19-9-5-4-8-18(19)14-20-23-21(26-24-20)15-25-12-10-17(11-13-25)16-6-2-1-3-7-16/h1-10H,11-15H2. The average Bonchev–Trinajstić information content (AvgIpc) is 3.12. The minimum absolute atomic E-state index is 0.585. The summed E-state index contributed by atoms with van der Waals surface area (Å²) in [5.74, 6) is 1.33. The highest BCUT2D eigenvalue weighted by Crippen LogP contribution is 2.23. The molecular formula is C21H20ClN3O. The summed E-state index contributed by atoms with van der Waals surface area (Å²) in [5, 5.41) is 4.82. The molecule has 0 bridgehead atoms. The van der Waals surface area contributed by atoms with Gasteiger partial charge in [0.2, 0.25) is 5.89 Å². The molecule has 0 atom stereocenters. The van der Waals surface area contributed by atoms with Crippen LogP contribution in [0.5, 0.6) is 0 Å². The van der Waals surface area contributed by atoms with Gasteiger partial charge in [0, 0.05) is 24.5 Å². The molecule has 0 radical (unpaired) electrons. The normalized spacial score (nSPS) is 15.0. The number of nitrogens with zero attached hydrogens (tertiary/aromatic N) is 3. The van der Waals surface area contributed by atoms with Gasteiger partial charge in [-0.15, -0.1) is 0 Å². The van der Waals surface area contributed by atoms with Gasteiger partial charge >= 0.3 is 0 Å². The summed E-state index contributed by atoms with van der Waals surface area (Å²) in [7, 11) is 0. The number of benzene rings is 2. The molecule has 1 aromatic heterocycles. The molecule has 2 heterocycles. The highest BCUT2D eigenvalue weighted by molar-refractivity contribution is 6.31. The number of halogens is 1. The van der Waals surface area contributed by atoms with Crippen molar-refractivity contribution in [2.45, 2.75) is 19.4 Å². The summed E-state index contributed by atoms with van der Waals surface area (Å²) in [6.45, 7) is 2.56. The van der Waals surface area contributed by atoms with Crippen LogP contribution in [0.1, 0.15) is 29.3 Å². The van der Waals surface area contributed by atoms with E-state index in [1.807, 2.05) is 24.3 Å². The molecule has 0 amide bonds. The van der Waals surface area contributed by atoms with Gasteiger partial charge in [0.15, 0.2) is 5.82 Å². The Morgan fingerprint density at radius 2 is 1.85 bits per heavy atom. The minimum atomic E-state index is 0.585. The van der Waals surface area contributed by atoms with Crippen molar-refractivity contribution < 1.29 is 4.52 Å². The van der Waals surface area contributed by atoms with Crippen LogP contribution in [-0.4, -0.2) is 28.1 Å². The second-order valence-corrected chi connectivity index (χ2v) is 6.86. The molecule has 0 aliphatic carbocycles. The van der Waals surface area contributed by atoms with E-state index >= 15 is 0 Å². The quantitative estimate of drug-likeness (QED) is 0.662. The van der Waals surface area contributed by atoms with Gasteiger partial charge in [-0.05, 0) is 29.2 Å². The molecule has 0 saturated carbocycles. The lowest BCUT2D eigenvalue weighted by Gasteiger charge is -2.24. The molecule has 4 nitrogen and oxygen atoms in total. The van der Waals surface area contributed by atoms with Gasteiger partial charge in [-0.1, -0.05) is 71.4 Å². The van der Waals surface area contributed by atoms with E-state index in [0.29, 0.717) is 24.7 Å². The first-order valence-electron chi connectivity index (χ1n) is 8.79. The van der Waals surface area contributed by atoms with Crippen LogP contribution < -0.4 is 0 Å². The third kappa shape index (κ3) is 4.03. The first kappa shape index (κ1) is 17.0. The molecule has 26 heavy (non-hydrogen) atoms. The summed E-state index contributed by atoms with van der Waals surface area (Å²) in [6, 6.07) is 18.3. The molecule has 1 aliphatic heterocycles. The highest BCUT2D eigenvalue weighted by Gasteiger charge is 2.16. The maximum absolute atomic E-state index is 6.20. The molecule has 2 aromatic carbocycles. The fourth-order valence-electron chi connectivity index (χ4n) is 3.20. The van der Waals surface area contributed by atoms with Gasteiger partial charge < -0.3 is 4.52 Å². The molecule has 4 rings (SSSR count). The molecule has 3 aromatic rings. The van der Waals surface area contributed by atoms with Crippen LogP contribution in [0.15, 0.2) is 65.2 Å². The van der Waals surface area contributed by atoms with Crippen LogP contribution in [0.3, 0.4) is 0 Å². The highest BCUT2D eigenvalue weighted by atomic mass is 35.5. The van der Waals surface area contributed by atoms with Crippen LogP contribution in [0.2, 0.25) is 5.02 Å². The summed E-state index contributed by atoms with van der Waals surface area (Å²) in [4.78, 5) is 6.84. The van der Waals surface area contributed by atoms with Crippen LogP contribution in [0.25, 0.3) is 5.57 Å². The van der Waals surface area contributed by atoms with Crippen molar-refractivity contribution >= 4 is 17.2 Å². The van der Waals surface area contributed by atoms with Crippen molar-refractivity contribution in [3.63, 3.8) is 0 Å². The zero-order chi connectivity index (χ0) is 17.8. The molecular weight excluding hydrogens is 346 g/mol. The molecule has 5 heteroatoms. The Morgan fingerprint density at radius 3 is 2.62 bits per heavy atom. The molecule has 0 spiro atoms. The topological polar surface area (TPSA) is 42.2 Å². The van der Waals surface area contributed by atoms with Gasteiger partial charge in [0.1, 0.15) is 0 Å². The Morgan fingerprint density at radius 1 is 1.04 bits per heavy atom. The number of hydrogen-bond acceptors (Lipinski definition) is 4. The van der Waals surface area contributed by atoms with Gasteiger partial charge in [-0.25, -0.2) is 0 Å². The maximum Gasteiger partial charge on any atom is 0.240 e. The van der Waals surface area contributed by atoms with Crippen molar-refractivity contribution in [3.8, 4) is 0 Å². The van der Waals surface area contributed by atoms with E-state index < -0.39 is 0 Å². The third-order valence-electron chi connectivity index (χ3n) is 4.61. The average molecular weight is 366 g/mol. The SMILES string of the molecule is Clc1ccccc1Cc1noc(CN2CC=C(c3ccccc3)CC2)n1. The molecule has 0 N–H and O–H groups in total. The number of rotatable bonds is 5. The summed E-state index contributed by atoms with van der Waals surface area (Å²) in [6.07, 6.45) is 3.91. The van der Waals surface area contributed by atoms with Crippen LogP contribution in [0, 0.1) is 0 Å². The Labute approximate surface area is 158 Å². The molecule has 0 saturated heterocycles. The predicted molar refractivity (Wildman–Crippen MR) is 103 cm³/mol. The second-order valence-electron chi connectivity index (χ2n) is 6.45. The number of hydrogen-bond donors (Lipinski definition) is 0. The van der Waals surface area contributed by atoms with Crippen molar-refractivity contribution in [3.05, 3.63) is 88.5 Å². The summed E-state index contributed by atoms with van der Waals surface area (Å²) >= 11 is 6.20. The maximum atomic E-state index is 6.20. The fraction of sp³-hybridized carbons (Fsp3) is 0.238. The molecule has 132 valence electrons. The zero-order valence-corrected chi connectivity index (χ0v) is 15.2. The molecule has 0 fully saturated rings. The smallest absolute Gasteiger partial charge is 0.240 e. The van der Waals surface area contributed by atoms with E-state index in [1.54, 1.807) is 0 Å². The van der Waals surface area contributed by atoms with Crippen molar-refractivity contribution in [1.29, 1.82) is 0 Å². The fourth-order valence-corrected chi connectivity index (χ4v) is 3.40. The van der Waals surface area contributed by atoms with E-state index in [2.05, 4.69) is 51.4 Å². The Kier molecular flexibility index (Phi) is 5.14. The summed E-state index contributed by atoms with van der Waals surface area (Å²) < 4.78 is 5.42. The Bertz CT molecular complexity index is 904.